The van der Waals surface area contributed by atoms with E-state index < -0.39 is 0 Å². The molecule has 0 fully saturated rings. The maximum Gasteiger partial charge on any atom is 0.257 e. The number of nitrogens with one attached hydrogen (secondary N) is 2. The molecule has 0 aliphatic heterocycles. The van der Waals surface area contributed by atoms with Crippen LogP contribution in [0.25, 0.3) is 10.9 Å². The van der Waals surface area contributed by atoms with Gasteiger partial charge in [0, 0.05) is 21.7 Å². The molecule has 6 heteroatoms. The Morgan fingerprint density at radius 3 is 2.50 bits per heavy atom. The number of anilines is 1. The van der Waals surface area contributed by atoms with Gasteiger partial charge in [-0.2, -0.15) is 0 Å². The summed E-state index contributed by atoms with van der Waals surface area (Å²) in [5, 5.41) is 4.46. The molecule has 24 heavy (non-hydrogen) atoms. The van der Waals surface area contributed by atoms with E-state index in [2.05, 4.69) is 10.3 Å². The normalized spacial score (nSPS) is 10.8. The van der Waals surface area contributed by atoms with Crippen LogP contribution in [0.15, 0.2) is 41.2 Å². The average molecular weight is 361 g/mol. The minimum Gasteiger partial charge on any atom is -0.322 e. The van der Waals surface area contributed by atoms with Crippen molar-refractivity contribution < 1.29 is 4.79 Å². The first-order valence-corrected chi connectivity index (χ1v) is 8.02. The maximum absolute atomic E-state index is 12.4. The van der Waals surface area contributed by atoms with Crippen molar-refractivity contribution in [2.24, 2.45) is 0 Å². The van der Waals surface area contributed by atoms with Gasteiger partial charge in [-0.25, -0.2) is 0 Å². The average Bonchev–Trinajstić information content (AvgIpc) is 2.52. The van der Waals surface area contributed by atoms with Crippen LogP contribution >= 0.6 is 23.2 Å². The molecule has 0 bridgehead atoms. The number of H-pyrrole nitrogens is 1. The van der Waals surface area contributed by atoms with Crippen molar-refractivity contribution in [2.75, 3.05) is 5.32 Å². The fourth-order valence-corrected chi connectivity index (χ4v) is 3.01. The van der Waals surface area contributed by atoms with Crippen LogP contribution in [0.5, 0.6) is 0 Å². The Morgan fingerprint density at radius 2 is 1.79 bits per heavy atom. The van der Waals surface area contributed by atoms with Crippen molar-refractivity contribution in [3.05, 3.63) is 73.5 Å². The van der Waals surface area contributed by atoms with E-state index in [1.165, 1.54) is 6.07 Å². The Kier molecular flexibility index (Phi) is 4.35. The lowest BCUT2D eigenvalue weighted by atomic mass is 10.1. The van der Waals surface area contributed by atoms with Crippen LogP contribution in [0.4, 0.5) is 5.69 Å². The lowest BCUT2D eigenvalue weighted by molar-refractivity contribution is 0.102. The third-order valence-electron chi connectivity index (χ3n) is 4.01. The lowest BCUT2D eigenvalue weighted by Gasteiger charge is -2.10. The van der Waals surface area contributed by atoms with Crippen LogP contribution in [0, 0.1) is 13.8 Å². The number of fused-ring (bicyclic) bond motifs is 1. The Hall–Kier alpha value is -2.30. The smallest absolute Gasteiger partial charge is 0.257 e. The molecule has 122 valence electrons. The number of rotatable bonds is 2. The molecule has 1 amide bonds. The second-order valence-corrected chi connectivity index (χ2v) is 6.39. The van der Waals surface area contributed by atoms with Gasteiger partial charge in [-0.15, -0.1) is 0 Å². The maximum atomic E-state index is 12.4. The molecule has 0 radical (unpaired) electrons. The summed E-state index contributed by atoms with van der Waals surface area (Å²) in [6.07, 6.45) is 0. The molecule has 1 heterocycles. The number of hydrogen-bond donors (Lipinski definition) is 2. The van der Waals surface area contributed by atoms with E-state index in [-0.39, 0.29) is 16.5 Å². The zero-order valence-corrected chi connectivity index (χ0v) is 14.5. The fraction of sp³-hybridized carbons (Fsp3) is 0.111. The van der Waals surface area contributed by atoms with Gasteiger partial charge < -0.3 is 10.3 Å². The number of halogens is 2. The standard InChI is InChI=1S/C18H14Cl2N2O2/c1-9-10(2)17(23)22-16-8-12(4-6-13(9)16)21-18(24)14-5-3-11(19)7-15(14)20/h3-8H,1-2H3,(H,21,24)(H,22,23). The number of carbonyl (C=O) groups excluding carboxylic acids is 1. The van der Waals surface area contributed by atoms with Crippen molar-refractivity contribution >= 4 is 45.7 Å². The van der Waals surface area contributed by atoms with E-state index >= 15 is 0 Å². The summed E-state index contributed by atoms with van der Waals surface area (Å²) in [5.74, 6) is -0.345. The molecule has 0 spiro atoms. The Balaban J connectivity index is 1.97. The van der Waals surface area contributed by atoms with E-state index in [9.17, 15) is 9.59 Å². The van der Waals surface area contributed by atoms with Gasteiger partial charge in [-0.3, -0.25) is 9.59 Å². The first-order valence-electron chi connectivity index (χ1n) is 7.26. The van der Waals surface area contributed by atoms with Crippen LogP contribution in [0.3, 0.4) is 0 Å². The van der Waals surface area contributed by atoms with Gasteiger partial charge in [0.25, 0.3) is 11.5 Å². The highest BCUT2D eigenvalue weighted by Gasteiger charge is 2.12. The minimum absolute atomic E-state index is 0.135. The summed E-state index contributed by atoms with van der Waals surface area (Å²) in [5.41, 5.74) is 3.04. The molecular weight excluding hydrogens is 347 g/mol. The Morgan fingerprint density at radius 1 is 1.04 bits per heavy atom. The molecule has 3 rings (SSSR count). The first kappa shape index (κ1) is 16.6. The summed E-state index contributed by atoms with van der Waals surface area (Å²) < 4.78 is 0. The number of benzene rings is 2. The number of carbonyl (C=O) groups is 1. The van der Waals surface area contributed by atoms with E-state index in [4.69, 9.17) is 23.2 Å². The first-order chi connectivity index (χ1) is 11.4. The number of aromatic amines is 1. The Bertz CT molecular complexity index is 1030. The van der Waals surface area contributed by atoms with Gasteiger partial charge in [0.1, 0.15) is 0 Å². The molecule has 4 nitrogen and oxygen atoms in total. The summed E-state index contributed by atoms with van der Waals surface area (Å²) >= 11 is 11.9. The second-order valence-electron chi connectivity index (χ2n) is 5.54. The number of aryl methyl sites for hydroxylation is 1. The van der Waals surface area contributed by atoms with Crippen LogP contribution in [0.1, 0.15) is 21.5 Å². The highest BCUT2D eigenvalue weighted by atomic mass is 35.5. The second kappa shape index (κ2) is 6.30. The zero-order valence-electron chi connectivity index (χ0n) is 13.0. The molecule has 0 saturated heterocycles. The summed E-state index contributed by atoms with van der Waals surface area (Å²) in [4.78, 5) is 27.1. The fourth-order valence-electron chi connectivity index (χ4n) is 2.51. The zero-order chi connectivity index (χ0) is 17.4. The van der Waals surface area contributed by atoms with Gasteiger partial charge in [-0.1, -0.05) is 29.3 Å². The van der Waals surface area contributed by atoms with E-state index in [1.54, 1.807) is 31.2 Å². The van der Waals surface area contributed by atoms with Crippen LogP contribution in [-0.4, -0.2) is 10.9 Å². The van der Waals surface area contributed by atoms with Crippen LogP contribution in [-0.2, 0) is 0 Å². The number of amides is 1. The molecule has 0 atom stereocenters. The van der Waals surface area contributed by atoms with Crippen LogP contribution in [0.2, 0.25) is 10.0 Å². The topological polar surface area (TPSA) is 62.0 Å². The van der Waals surface area contributed by atoms with Crippen molar-refractivity contribution in [1.82, 2.24) is 4.98 Å². The highest BCUT2D eigenvalue weighted by Crippen LogP contribution is 2.24. The monoisotopic (exact) mass is 360 g/mol. The molecule has 0 aliphatic carbocycles. The van der Waals surface area contributed by atoms with Crippen molar-refractivity contribution in [2.45, 2.75) is 13.8 Å². The summed E-state index contributed by atoms with van der Waals surface area (Å²) in [6, 6.07) is 10.1. The van der Waals surface area contributed by atoms with E-state index in [1.807, 2.05) is 13.0 Å². The van der Waals surface area contributed by atoms with E-state index in [0.717, 1.165) is 10.9 Å². The van der Waals surface area contributed by atoms with Gasteiger partial charge in [0.15, 0.2) is 0 Å². The number of hydrogen-bond acceptors (Lipinski definition) is 2. The third-order valence-corrected chi connectivity index (χ3v) is 4.56. The molecule has 0 aliphatic rings. The Labute approximate surface area is 148 Å². The van der Waals surface area contributed by atoms with E-state index in [0.29, 0.717) is 27.4 Å². The summed E-state index contributed by atoms with van der Waals surface area (Å²) in [6.45, 7) is 3.68. The molecule has 0 saturated carbocycles. The minimum atomic E-state index is -0.345. The molecule has 2 N–H and O–H groups in total. The lowest BCUT2D eigenvalue weighted by Crippen LogP contribution is -2.14. The summed E-state index contributed by atoms with van der Waals surface area (Å²) in [7, 11) is 0. The molecule has 0 unspecified atom stereocenters. The molecule has 3 aromatic rings. The van der Waals surface area contributed by atoms with Crippen molar-refractivity contribution in [3.63, 3.8) is 0 Å². The van der Waals surface area contributed by atoms with Gasteiger partial charge >= 0.3 is 0 Å². The highest BCUT2D eigenvalue weighted by molar-refractivity contribution is 6.37. The van der Waals surface area contributed by atoms with Gasteiger partial charge in [0.05, 0.1) is 16.1 Å². The van der Waals surface area contributed by atoms with Crippen molar-refractivity contribution in [3.8, 4) is 0 Å². The van der Waals surface area contributed by atoms with Gasteiger partial charge in [-0.05, 0) is 49.7 Å². The number of pyridine rings is 1. The van der Waals surface area contributed by atoms with Crippen LogP contribution < -0.4 is 10.9 Å². The predicted molar refractivity (Wildman–Crippen MR) is 98.5 cm³/mol. The third kappa shape index (κ3) is 3.03. The predicted octanol–water partition coefficient (Wildman–Crippen LogP) is 4.70. The van der Waals surface area contributed by atoms with Crippen molar-refractivity contribution in [1.29, 1.82) is 0 Å². The number of aromatic nitrogens is 1. The SMILES string of the molecule is Cc1c(C)c2ccc(NC(=O)c3ccc(Cl)cc3Cl)cc2[nH]c1=O. The molecular formula is C18H14Cl2N2O2. The molecule has 2 aromatic carbocycles. The quantitative estimate of drug-likeness (QED) is 0.695. The van der Waals surface area contributed by atoms with Gasteiger partial charge in [0.2, 0.25) is 0 Å². The largest absolute Gasteiger partial charge is 0.322 e. The molecule has 1 aromatic heterocycles.